The Morgan fingerprint density at radius 2 is 2.28 bits per heavy atom. The molecule has 0 radical (unpaired) electrons. The molecular formula is C14H15N3O. The molecule has 0 saturated heterocycles. The molecule has 0 amide bonds. The van der Waals surface area contributed by atoms with Crippen molar-refractivity contribution in [3.8, 4) is 0 Å². The molecule has 1 aromatic carbocycles. The average molecular weight is 241 g/mol. The molecular weight excluding hydrogens is 226 g/mol. The van der Waals surface area contributed by atoms with E-state index in [1.54, 1.807) is 12.5 Å². The van der Waals surface area contributed by atoms with Gasteiger partial charge in [0.25, 0.3) is 0 Å². The second-order valence-electron chi connectivity index (χ2n) is 4.64. The first-order chi connectivity index (χ1) is 8.88. The van der Waals surface area contributed by atoms with E-state index in [-0.39, 0.29) is 5.92 Å². The lowest BCUT2D eigenvalue weighted by Crippen LogP contribution is -2.27. The number of imidazole rings is 1. The lowest BCUT2D eigenvalue weighted by molar-refractivity contribution is 0.312. The average Bonchev–Trinajstić information content (AvgIpc) is 2.91. The molecule has 0 unspecified atom stereocenters. The molecule has 2 aromatic rings. The Morgan fingerprint density at radius 3 is 3.06 bits per heavy atom. The highest BCUT2D eigenvalue weighted by Gasteiger charge is 2.25. The van der Waals surface area contributed by atoms with Gasteiger partial charge < -0.3 is 9.77 Å². The van der Waals surface area contributed by atoms with Crippen LogP contribution in [0, 0.1) is 5.92 Å². The van der Waals surface area contributed by atoms with Crippen molar-refractivity contribution in [2.24, 2.45) is 11.1 Å². The largest absolute Gasteiger partial charge is 0.411 e. The van der Waals surface area contributed by atoms with E-state index in [1.165, 1.54) is 5.56 Å². The van der Waals surface area contributed by atoms with Gasteiger partial charge in [-0.1, -0.05) is 29.4 Å². The number of hydrogen-bond acceptors (Lipinski definition) is 3. The van der Waals surface area contributed by atoms with Crippen molar-refractivity contribution in [1.29, 1.82) is 0 Å². The van der Waals surface area contributed by atoms with Crippen molar-refractivity contribution < 1.29 is 5.21 Å². The van der Waals surface area contributed by atoms with Crippen LogP contribution in [0.3, 0.4) is 0 Å². The number of hydrogen-bond donors (Lipinski definition) is 1. The molecule has 0 aliphatic heterocycles. The van der Waals surface area contributed by atoms with Crippen LogP contribution in [0.2, 0.25) is 0 Å². The highest BCUT2D eigenvalue weighted by Crippen LogP contribution is 2.27. The normalized spacial score (nSPS) is 20.9. The van der Waals surface area contributed by atoms with Crippen molar-refractivity contribution >= 4 is 5.71 Å². The summed E-state index contributed by atoms with van der Waals surface area (Å²) in [5, 5.41) is 12.8. The highest BCUT2D eigenvalue weighted by molar-refractivity contribution is 6.03. The molecule has 92 valence electrons. The third-order valence-corrected chi connectivity index (χ3v) is 3.54. The van der Waals surface area contributed by atoms with Crippen LogP contribution in [0.5, 0.6) is 0 Å². The number of aromatic nitrogens is 2. The fraction of sp³-hybridized carbons (Fsp3) is 0.286. The summed E-state index contributed by atoms with van der Waals surface area (Å²) in [5.41, 5.74) is 3.15. The van der Waals surface area contributed by atoms with Crippen LogP contribution in [0.1, 0.15) is 17.5 Å². The van der Waals surface area contributed by atoms with Gasteiger partial charge in [0.15, 0.2) is 0 Å². The van der Waals surface area contributed by atoms with Crippen molar-refractivity contribution in [2.75, 3.05) is 0 Å². The first-order valence-electron chi connectivity index (χ1n) is 6.14. The molecule has 1 atom stereocenters. The van der Waals surface area contributed by atoms with Gasteiger partial charge in [-0.2, -0.15) is 0 Å². The second-order valence-corrected chi connectivity index (χ2v) is 4.64. The Labute approximate surface area is 106 Å². The highest BCUT2D eigenvalue weighted by atomic mass is 16.4. The van der Waals surface area contributed by atoms with Gasteiger partial charge in [0, 0.05) is 30.4 Å². The number of nitrogens with zero attached hydrogens (tertiary/aromatic N) is 3. The van der Waals surface area contributed by atoms with Crippen LogP contribution in [0.15, 0.2) is 48.1 Å². The number of rotatable bonds is 2. The van der Waals surface area contributed by atoms with Gasteiger partial charge in [-0.05, 0) is 18.4 Å². The smallest absolute Gasteiger partial charge is 0.0946 e. The predicted molar refractivity (Wildman–Crippen MR) is 68.8 cm³/mol. The minimum Gasteiger partial charge on any atom is -0.411 e. The maximum Gasteiger partial charge on any atom is 0.0946 e. The van der Waals surface area contributed by atoms with Gasteiger partial charge in [-0.3, -0.25) is 0 Å². The first kappa shape index (κ1) is 11.0. The van der Waals surface area contributed by atoms with E-state index in [4.69, 9.17) is 0 Å². The van der Waals surface area contributed by atoms with Crippen molar-refractivity contribution in [2.45, 2.75) is 19.4 Å². The van der Waals surface area contributed by atoms with Gasteiger partial charge in [-0.25, -0.2) is 4.98 Å². The summed E-state index contributed by atoms with van der Waals surface area (Å²) in [6, 6.07) is 8.16. The van der Waals surface area contributed by atoms with Crippen LogP contribution in [0.4, 0.5) is 0 Å². The minimum absolute atomic E-state index is 0.249. The molecule has 3 rings (SSSR count). The van der Waals surface area contributed by atoms with E-state index in [1.807, 2.05) is 29.0 Å². The topological polar surface area (TPSA) is 50.4 Å². The standard InChI is InChI=1S/C14H15N3O/c18-16-14-12(9-17-8-7-15-10-17)6-5-11-3-1-2-4-13(11)14/h1-4,7-8,10,12,18H,5-6,9H2/b16-14-/t12-/m0/s1. The summed E-state index contributed by atoms with van der Waals surface area (Å²) >= 11 is 0. The second kappa shape index (κ2) is 4.64. The van der Waals surface area contributed by atoms with Gasteiger partial charge in [0.05, 0.1) is 12.0 Å². The Hall–Kier alpha value is -2.10. The molecule has 0 fully saturated rings. The predicted octanol–water partition coefficient (Wildman–Crippen LogP) is 2.32. The molecule has 0 saturated carbocycles. The molecule has 1 aromatic heterocycles. The van der Waals surface area contributed by atoms with Gasteiger partial charge >= 0.3 is 0 Å². The number of oxime groups is 1. The van der Waals surface area contributed by atoms with Crippen LogP contribution in [-0.2, 0) is 13.0 Å². The molecule has 1 heterocycles. The molecule has 0 bridgehead atoms. The summed E-state index contributed by atoms with van der Waals surface area (Å²) in [6.07, 6.45) is 7.56. The van der Waals surface area contributed by atoms with Gasteiger partial charge in [0.2, 0.25) is 0 Å². The molecule has 4 nitrogen and oxygen atoms in total. The van der Waals surface area contributed by atoms with Crippen molar-refractivity contribution in [1.82, 2.24) is 9.55 Å². The zero-order valence-corrected chi connectivity index (χ0v) is 10.0. The molecule has 1 aliphatic rings. The molecule has 4 heteroatoms. The number of benzene rings is 1. The maximum atomic E-state index is 9.30. The maximum absolute atomic E-state index is 9.30. The van der Waals surface area contributed by atoms with E-state index >= 15 is 0 Å². The lowest BCUT2D eigenvalue weighted by atomic mass is 9.82. The van der Waals surface area contributed by atoms with Crippen molar-refractivity contribution in [3.05, 3.63) is 54.1 Å². The van der Waals surface area contributed by atoms with E-state index in [2.05, 4.69) is 16.2 Å². The quantitative estimate of drug-likeness (QED) is 0.648. The summed E-state index contributed by atoms with van der Waals surface area (Å²) in [7, 11) is 0. The van der Waals surface area contributed by atoms with Crippen LogP contribution in [-0.4, -0.2) is 20.5 Å². The minimum atomic E-state index is 0.249. The monoisotopic (exact) mass is 241 g/mol. The zero-order chi connectivity index (χ0) is 12.4. The zero-order valence-electron chi connectivity index (χ0n) is 10.0. The fourth-order valence-corrected chi connectivity index (χ4v) is 2.64. The Kier molecular flexibility index (Phi) is 2.84. The summed E-state index contributed by atoms with van der Waals surface area (Å²) < 4.78 is 2.03. The van der Waals surface area contributed by atoms with E-state index in [0.717, 1.165) is 30.7 Å². The molecule has 0 spiro atoms. The lowest BCUT2D eigenvalue weighted by Gasteiger charge is -2.25. The summed E-state index contributed by atoms with van der Waals surface area (Å²) in [4.78, 5) is 4.04. The molecule has 1 aliphatic carbocycles. The third-order valence-electron chi connectivity index (χ3n) is 3.54. The summed E-state index contributed by atoms with van der Waals surface area (Å²) in [6.45, 7) is 0.813. The first-order valence-corrected chi connectivity index (χ1v) is 6.14. The molecule has 18 heavy (non-hydrogen) atoms. The molecule has 1 N–H and O–H groups in total. The van der Waals surface area contributed by atoms with Gasteiger partial charge in [0.1, 0.15) is 0 Å². The third kappa shape index (κ3) is 1.90. The fourth-order valence-electron chi connectivity index (χ4n) is 2.64. The van der Waals surface area contributed by atoms with E-state index < -0.39 is 0 Å². The summed E-state index contributed by atoms with van der Waals surface area (Å²) in [5.74, 6) is 0.249. The Bertz CT molecular complexity index is 560. The Morgan fingerprint density at radius 1 is 1.39 bits per heavy atom. The SMILES string of the molecule is O/N=C1\c2ccccc2CC[C@H]1Cn1ccnc1. The van der Waals surface area contributed by atoms with Crippen LogP contribution < -0.4 is 0 Å². The Balaban J connectivity index is 1.90. The van der Waals surface area contributed by atoms with Crippen LogP contribution in [0.25, 0.3) is 0 Å². The van der Waals surface area contributed by atoms with E-state index in [0.29, 0.717) is 0 Å². The van der Waals surface area contributed by atoms with Crippen LogP contribution >= 0.6 is 0 Å². The van der Waals surface area contributed by atoms with Gasteiger partial charge in [-0.15, -0.1) is 0 Å². The number of fused-ring (bicyclic) bond motifs is 1. The van der Waals surface area contributed by atoms with E-state index in [9.17, 15) is 5.21 Å². The van der Waals surface area contributed by atoms with Crippen molar-refractivity contribution in [3.63, 3.8) is 0 Å². The number of aryl methyl sites for hydroxylation is 1.